The van der Waals surface area contributed by atoms with E-state index in [4.69, 9.17) is 29.8 Å². The Morgan fingerprint density at radius 3 is 2.31 bits per heavy atom. The Balaban J connectivity index is 2.09. The van der Waals surface area contributed by atoms with Gasteiger partial charge < -0.3 is 35.1 Å². The molecule has 1 unspecified atom stereocenters. The van der Waals surface area contributed by atoms with Crippen LogP contribution < -0.4 is 30.0 Å². The summed E-state index contributed by atoms with van der Waals surface area (Å²) in [6, 6.07) is 5.90. The molecule has 0 aromatic heterocycles. The molecule has 1 atom stereocenters. The Labute approximate surface area is 209 Å². The number of carboxylic acids is 1. The van der Waals surface area contributed by atoms with E-state index in [1.54, 1.807) is 30.3 Å². The van der Waals surface area contributed by atoms with Crippen LogP contribution in [0.2, 0.25) is 0 Å². The van der Waals surface area contributed by atoms with Crippen LogP contribution in [0.3, 0.4) is 0 Å². The molecule has 10 nitrogen and oxygen atoms in total. The van der Waals surface area contributed by atoms with E-state index in [1.807, 2.05) is 0 Å². The minimum Gasteiger partial charge on any atom is -0.495 e. The maximum atomic E-state index is 12.7. The number of hydrogen-bond acceptors (Lipinski definition) is 8. The molecular formula is C26H30N2O8. The molecule has 0 bridgehead atoms. The van der Waals surface area contributed by atoms with Gasteiger partial charge in [0.15, 0.2) is 17.3 Å². The molecule has 10 heteroatoms. The lowest BCUT2D eigenvalue weighted by Gasteiger charge is -2.21. The maximum Gasteiger partial charge on any atom is 0.303 e. The molecule has 192 valence electrons. The van der Waals surface area contributed by atoms with E-state index >= 15 is 0 Å². The highest BCUT2D eigenvalue weighted by molar-refractivity contribution is 6.04. The summed E-state index contributed by atoms with van der Waals surface area (Å²) in [5.74, 6) is 0.0840. The van der Waals surface area contributed by atoms with Crippen molar-refractivity contribution in [3.8, 4) is 23.0 Å². The molecule has 0 saturated carbocycles. The topological polar surface area (TPSA) is 146 Å². The molecule has 0 spiro atoms. The van der Waals surface area contributed by atoms with Gasteiger partial charge in [-0.1, -0.05) is 6.07 Å². The zero-order chi connectivity index (χ0) is 26.4. The van der Waals surface area contributed by atoms with Crippen LogP contribution in [-0.2, 0) is 20.8 Å². The molecule has 1 amide bonds. The minimum absolute atomic E-state index is 0.0162. The third-order valence-corrected chi connectivity index (χ3v) is 5.92. The number of aliphatic carboxylic acids is 1. The van der Waals surface area contributed by atoms with Crippen molar-refractivity contribution >= 4 is 28.9 Å². The number of carboxylic acid groups (broad SMARTS) is 1. The predicted octanol–water partition coefficient (Wildman–Crippen LogP) is 2.80. The number of rotatable bonds is 10. The second-order valence-electron chi connectivity index (χ2n) is 8.14. The summed E-state index contributed by atoms with van der Waals surface area (Å²) >= 11 is 0. The van der Waals surface area contributed by atoms with Gasteiger partial charge in [0, 0.05) is 18.4 Å². The minimum atomic E-state index is -1.04. The average Bonchev–Trinajstić information content (AvgIpc) is 3.04. The highest BCUT2D eigenvalue weighted by atomic mass is 16.5. The van der Waals surface area contributed by atoms with Gasteiger partial charge in [0.05, 0.1) is 40.2 Å². The highest BCUT2D eigenvalue weighted by Gasteiger charge is 2.26. The van der Waals surface area contributed by atoms with Crippen LogP contribution in [0.1, 0.15) is 36.0 Å². The summed E-state index contributed by atoms with van der Waals surface area (Å²) in [6.45, 7) is 0. The molecular weight excluding hydrogens is 468 g/mol. The summed E-state index contributed by atoms with van der Waals surface area (Å²) in [4.78, 5) is 36.2. The van der Waals surface area contributed by atoms with Gasteiger partial charge in [-0.2, -0.15) is 0 Å². The van der Waals surface area contributed by atoms with Gasteiger partial charge in [-0.25, -0.2) is 0 Å². The van der Waals surface area contributed by atoms with Crippen molar-refractivity contribution in [1.82, 2.24) is 0 Å². The molecule has 36 heavy (non-hydrogen) atoms. The quantitative estimate of drug-likeness (QED) is 0.450. The number of fused-ring (bicyclic) bond motifs is 1. The average molecular weight is 499 g/mol. The second-order valence-corrected chi connectivity index (χ2v) is 8.14. The van der Waals surface area contributed by atoms with E-state index in [0.29, 0.717) is 46.2 Å². The molecule has 0 radical (unpaired) electrons. The smallest absolute Gasteiger partial charge is 0.303 e. The fourth-order valence-electron chi connectivity index (χ4n) is 4.11. The summed E-state index contributed by atoms with van der Waals surface area (Å²) in [5.41, 5.74) is 8.97. The number of ether oxygens (including phenoxy) is 4. The van der Waals surface area contributed by atoms with Crippen LogP contribution in [0.25, 0.3) is 5.57 Å². The van der Waals surface area contributed by atoms with E-state index in [9.17, 15) is 14.4 Å². The zero-order valence-corrected chi connectivity index (χ0v) is 20.7. The number of benzene rings is 2. The Bertz CT molecular complexity index is 1200. The fourth-order valence-corrected chi connectivity index (χ4v) is 4.11. The number of anilines is 1. The van der Waals surface area contributed by atoms with E-state index in [2.05, 4.69) is 5.32 Å². The van der Waals surface area contributed by atoms with Gasteiger partial charge in [0.25, 0.3) is 0 Å². The molecule has 4 N–H and O–H groups in total. The molecule has 2 aromatic carbocycles. The van der Waals surface area contributed by atoms with Crippen molar-refractivity contribution in [2.45, 2.75) is 31.7 Å². The molecule has 3 rings (SSSR count). The first-order valence-electron chi connectivity index (χ1n) is 11.3. The Morgan fingerprint density at radius 2 is 1.69 bits per heavy atom. The van der Waals surface area contributed by atoms with Crippen molar-refractivity contribution in [1.29, 1.82) is 0 Å². The zero-order valence-electron chi connectivity index (χ0n) is 20.7. The Hall–Kier alpha value is -4.05. The predicted molar refractivity (Wildman–Crippen MR) is 133 cm³/mol. The van der Waals surface area contributed by atoms with Gasteiger partial charge in [-0.15, -0.1) is 0 Å². The number of carbonyl (C=O) groups excluding carboxylic acids is 2. The van der Waals surface area contributed by atoms with Gasteiger partial charge in [0.2, 0.25) is 11.7 Å². The largest absolute Gasteiger partial charge is 0.495 e. The van der Waals surface area contributed by atoms with E-state index < -0.39 is 17.9 Å². The van der Waals surface area contributed by atoms with Crippen LogP contribution in [-0.4, -0.2) is 57.2 Å². The highest BCUT2D eigenvalue weighted by Crippen LogP contribution is 2.46. The lowest BCUT2D eigenvalue weighted by Crippen LogP contribution is -2.36. The number of hydrogen-bond donors (Lipinski definition) is 3. The van der Waals surface area contributed by atoms with Gasteiger partial charge in [0.1, 0.15) is 5.75 Å². The summed E-state index contributed by atoms with van der Waals surface area (Å²) in [6.07, 6.45) is 2.03. The standard InChI is InChI=1S/C26H30N2O8/c1-33-21-9-5-14(11-20(21)28-26(32)19(27)8-10-23(30)31)17-12-15(29)6-7-16-18(17)13-22(34-2)25(36-4)24(16)35-3/h5,9,11-13,19H,6-8,10,27H2,1-4H3,(H,28,32)(H,30,31). The molecule has 1 aliphatic rings. The van der Waals surface area contributed by atoms with Crippen molar-refractivity contribution < 1.29 is 38.4 Å². The Kier molecular flexibility index (Phi) is 8.55. The summed E-state index contributed by atoms with van der Waals surface area (Å²) in [5, 5.41) is 11.6. The number of nitrogens with one attached hydrogen (secondary N) is 1. The van der Waals surface area contributed by atoms with Gasteiger partial charge in [-0.3, -0.25) is 14.4 Å². The van der Waals surface area contributed by atoms with Gasteiger partial charge >= 0.3 is 5.97 Å². The van der Waals surface area contributed by atoms with Crippen LogP contribution in [0.15, 0.2) is 30.3 Å². The van der Waals surface area contributed by atoms with Crippen LogP contribution in [0.4, 0.5) is 5.69 Å². The normalized spacial score (nSPS) is 13.6. The lowest BCUT2D eigenvalue weighted by molar-refractivity contribution is -0.137. The van der Waals surface area contributed by atoms with Crippen LogP contribution in [0.5, 0.6) is 23.0 Å². The first-order chi connectivity index (χ1) is 17.2. The number of methoxy groups -OCH3 is 4. The lowest BCUT2D eigenvalue weighted by atomic mass is 9.92. The number of amides is 1. The van der Waals surface area contributed by atoms with Crippen molar-refractivity contribution in [3.05, 3.63) is 47.0 Å². The monoisotopic (exact) mass is 498 g/mol. The SMILES string of the molecule is COc1ccc(C2=CC(=O)CCc3c2cc(OC)c(OC)c3OC)cc1NC(=O)C(N)CCC(=O)O. The number of carbonyl (C=O) groups is 3. The van der Waals surface area contributed by atoms with Gasteiger partial charge in [-0.05, 0) is 53.8 Å². The molecule has 2 aromatic rings. The molecule has 0 saturated heterocycles. The summed E-state index contributed by atoms with van der Waals surface area (Å²) < 4.78 is 22.1. The molecule has 0 fully saturated rings. The van der Waals surface area contributed by atoms with Crippen LogP contribution in [0, 0.1) is 0 Å². The van der Waals surface area contributed by atoms with Crippen molar-refractivity contribution in [2.24, 2.45) is 5.73 Å². The third kappa shape index (κ3) is 5.60. The van der Waals surface area contributed by atoms with E-state index in [0.717, 1.165) is 11.1 Å². The van der Waals surface area contributed by atoms with E-state index in [1.165, 1.54) is 28.4 Å². The molecule has 1 aliphatic carbocycles. The first-order valence-corrected chi connectivity index (χ1v) is 11.3. The first kappa shape index (κ1) is 26.6. The number of ketones is 1. The van der Waals surface area contributed by atoms with Crippen molar-refractivity contribution in [3.63, 3.8) is 0 Å². The number of nitrogens with two attached hydrogens (primary N) is 1. The maximum absolute atomic E-state index is 12.7. The van der Waals surface area contributed by atoms with E-state index in [-0.39, 0.29) is 25.0 Å². The third-order valence-electron chi connectivity index (χ3n) is 5.92. The second kappa shape index (κ2) is 11.6. The van der Waals surface area contributed by atoms with Crippen molar-refractivity contribution in [2.75, 3.05) is 33.8 Å². The van der Waals surface area contributed by atoms with Crippen LogP contribution >= 0.6 is 0 Å². The Morgan fingerprint density at radius 1 is 1.00 bits per heavy atom. The molecule has 0 aliphatic heterocycles. The summed E-state index contributed by atoms with van der Waals surface area (Å²) in [7, 11) is 6.03. The molecule has 0 heterocycles. The number of allylic oxidation sites excluding steroid dienone is 1. The fraction of sp³-hybridized carbons (Fsp3) is 0.346.